The van der Waals surface area contributed by atoms with Gasteiger partial charge in [0.1, 0.15) is 5.69 Å². The molecule has 1 aromatic carbocycles. The van der Waals surface area contributed by atoms with Gasteiger partial charge in [-0.15, -0.1) is 0 Å². The van der Waals surface area contributed by atoms with Crippen LogP contribution in [0.4, 0.5) is 5.69 Å². The number of benzene rings is 1. The van der Waals surface area contributed by atoms with E-state index in [2.05, 4.69) is 32.9 Å². The minimum absolute atomic E-state index is 0.184. The van der Waals surface area contributed by atoms with Crippen LogP contribution in [0, 0.1) is 3.57 Å². The lowest BCUT2D eigenvalue weighted by Gasteiger charge is -2.05. The zero-order valence-corrected chi connectivity index (χ0v) is 10.5. The number of anilines is 1. The normalized spacial score (nSPS) is 9.81. The summed E-state index contributed by atoms with van der Waals surface area (Å²) < 4.78 is 0.841. The second kappa shape index (κ2) is 5.07. The number of nitrogens with zero attached hydrogens (tertiary/aromatic N) is 1. The van der Waals surface area contributed by atoms with Gasteiger partial charge in [-0.25, -0.2) is 4.98 Å². The van der Waals surface area contributed by atoms with Gasteiger partial charge in [0.05, 0.1) is 0 Å². The van der Waals surface area contributed by atoms with Crippen LogP contribution in [0.15, 0.2) is 48.7 Å². The van der Waals surface area contributed by atoms with Crippen molar-refractivity contribution in [3.63, 3.8) is 0 Å². The summed E-state index contributed by atoms with van der Waals surface area (Å²) in [6, 6.07) is 13.0. The molecule has 0 aliphatic rings. The number of nitrogens with one attached hydrogen (secondary N) is 1. The van der Waals surface area contributed by atoms with Crippen LogP contribution in [0.25, 0.3) is 0 Å². The van der Waals surface area contributed by atoms with Crippen LogP contribution in [0.1, 0.15) is 10.5 Å². The number of rotatable bonds is 2. The average Bonchev–Trinajstić information content (AvgIpc) is 2.31. The highest BCUT2D eigenvalue weighted by Crippen LogP contribution is 2.12. The molecule has 0 radical (unpaired) electrons. The third-order valence-corrected chi connectivity index (χ3v) is 2.88. The van der Waals surface area contributed by atoms with Gasteiger partial charge in [-0.2, -0.15) is 0 Å². The van der Waals surface area contributed by atoms with Gasteiger partial charge in [0.2, 0.25) is 0 Å². The van der Waals surface area contributed by atoms with E-state index < -0.39 is 0 Å². The van der Waals surface area contributed by atoms with Gasteiger partial charge in [0, 0.05) is 15.5 Å². The second-order valence-electron chi connectivity index (χ2n) is 3.15. The Morgan fingerprint density at radius 2 is 1.88 bits per heavy atom. The number of carbonyl (C=O) groups excluding carboxylic acids is 1. The maximum absolute atomic E-state index is 11.9. The van der Waals surface area contributed by atoms with Crippen LogP contribution in [-0.4, -0.2) is 10.9 Å². The lowest BCUT2D eigenvalue weighted by Crippen LogP contribution is -2.14. The molecule has 80 valence electrons. The number of para-hydroxylation sites is 1. The molecular weight excluding hydrogens is 315 g/mol. The summed E-state index contributed by atoms with van der Waals surface area (Å²) in [7, 11) is 0. The van der Waals surface area contributed by atoms with Crippen molar-refractivity contribution in [3.05, 3.63) is 57.9 Å². The van der Waals surface area contributed by atoms with E-state index in [1.807, 2.05) is 36.4 Å². The van der Waals surface area contributed by atoms with Crippen LogP contribution < -0.4 is 5.32 Å². The summed E-state index contributed by atoms with van der Waals surface area (Å²) in [5, 5.41) is 2.79. The number of carbonyl (C=O) groups is 1. The monoisotopic (exact) mass is 324 g/mol. The first-order chi connectivity index (χ1) is 7.77. The number of pyridine rings is 1. The summed E-state index contributed by atoms with van der Waals surface area (Å²) in [6.45, 7) is 0. The van der Waals surface area contributed by atoms with Crippen LogP contribution in [0.3, 0.4) is 0 Å². The van der Waals surface area contributed by atoms with Crippen LogP contribution in [0.2, 0.25) is 0 Å². The van der Waals surface area contributed by atoms with E-state index in [1.165, 1.54) is 0 Å². The summed E-state index contributed by atoms with van der Waals surface area (Å²) >= 11 is 2.09. The molecule has 2 aromatic rings. The molecule has 1 N–H and O–H groups in total. The van der Waals surface area contributed by atoms with Gasteiger partial charge in [-0.05, 0) is 46.9 Å². The maximum Gasteiger partial charge on any atom is 0.275 e. The number of aromatic nitrogens is 1. The molecule has 1 aromatic heterocycles. The molecule has 1 amide bonds. The molecule has 2 rings (SSSR count). The Labute approximate surface area is 107 Å². The predicted octanol–water partition coefficient (Wildman–Crippen LogP) is 2.94. The van der Waals surface area contributed by atoms with Gasteiger partial charge in [-0.1, -0.05) is 18.2 Å². The van der Waals surface area contributed by atoms with Gasteiger partial charge < -0.3 is 5.32 Å². The van der Waals surface area contributed by atoms with Crippen LogP contribution in [-0.2, 0) is 0 Å². The third-order valence-electron chi connectivity index (χ3n) is 2.01. The Bertz CT molecular complexity index is 499. The van der Waals surface area contributed by atoms with E-state index in [0.717, 1.165) is 9.26 Å². The molecule has 0 saturated heterocycles. The van der Waals surface area contributed by atoms with Crippen molar-refractivity contribution < 1.29 is 4.79 Å². The lowest BCUT2D eigenvalue weighted by molar-refractivity contribution is 0.102. The summed E-state index contributed by atoms with van der Waals surface area (Å²) in [5.74, 6) is -0.184. The number of halogens is 1. The van der Waals surface area contributed by atoms with Crippen molar-refractivity contribution in [2.24, 2.45) is 0 Å². The molecular formula is C12H9IN2O. The van der Waals surface area contributed by atoms with Crippen molar-refractivity contribution in [3.8, 4) is 0 Å². The maximum atomic E-state index is 11.9. The van der Waals surface area contributed by atoms with Crippen molar-refractivity contribution in [2.45, 2.75) is 0 Å². The molecule has 0 unspecified atom stereocenters. The van der Waals surface area contributed by atoms with E-state index in [-0.39, 0.29) is 5.91 Å². The van der Waals surface area contributed by atoms with E-state index in [9.17, 15) is 4.79 Å². The third kappa shape index (κ3) is 2.57. The van der Waals surface area contributed by atoms with Crippen molar-refractivity contribution in [1.29, 1.82) is 0 Å². The first kappa shape index (κ1) is 11.1. The smallest absolute Gasteiger partial charge is 0.275 e. The fourth-order valence-electron chi connectivity index (χ4n) is 1.26. The van der Waals surface area contributed by atoms with E-state index >= 15 is 0 Å². The largest absolute Gasteiger partial charge is 0.321 e. The van der Waals surface area contributed by atoms with Crippen LogP contribution >= 0.6 is 22.6 Å². The lowest BCUT2D eigenvalue weighted by atomic mass is 10.3. The van der Waals surface area contributed by atoms with Crippen LogP contribution in [0.5, 0.6) is 0 Å². The average molecular weight is 324 g/mol. The van der Waals surface area contributed by atoms with E-state index in [1.54, 1.807) is 12.3 Å². The second-order valence-corrected chi connectivity index (χ2v) is 4.32. The standard InChI is InChI=1S/C12H9IN2O/c13-10-7-4-8-14-11(10)12(16)15-9-5-2-1-3-6-9/h1-8H,(H,15,16). The topological polar surface area (TPSA) is 42.0 Å². The Morgan fingerprint density at radius 1 is 1.12 bits per heavy atom. The molecule has 0 aliphatic heterocycles. The summed E-state index contributed by atoms with van der Waals surface area (Å²) in [4.78, 5) is 15.9. The minimum atomic E-state index is -0.184. The number of amides is 1. The molecule has 3 nitrogen and oxygen atoms in total. The number of hydrogen-bond donors (Lipinski definition) is 1. The highest BCUT2D eigenvalue weighted by atomic mass is 127. The van der Waals surface area contributed by atoms with Gasteiger partial charge >= 0.3 is 0 Å². The SMILES string of the molecule is O=C(Nc1ccccc1)c1ncccc1I. The van der Waals surface area contributed by atoms with Gasteiger partial charge in [0.15, 0.2) is 0 Å². The Balaban J connectivity index is 2.19. The highest BCUT2D eigenvalue weighted by molar-refractivity contribution is 14.1. The zero-order valence-electron chi connectivity index (χ0n) is 8.35. The van der Waals surface area contributed by atoms with E-state index in [0.29, 0.717) is 5.69 Å². The first-order valence-corrected chi connectivity index (χ1v) is 5.82. The molecule has 4 heteroatoms. The molecule has 0 aliphatic carbocycles. The Kier molecular flexibility index (Phi) is 3.51. The first-order valence-electron chi connectivity index (χ1n) is 4.74. The molecule has 0 atom stereocenters. The Hall–Kier alpha value is -1.43. The van der Waals surface area contributed by atoms with Gasteiger partial charge in [0.25, 0.3) is 5.91 Å². The van der Waals surface area contributed by atoms with Crippen molar-refractivity contribution >= 4 is 34.2 Å². The molecule has 0 bridgehead atoms. The molecule has 1 heterocycles. The molecule has 0 fully saturated rings. The Morgan fingerprint density at radius 3 is 2.56 bits per heavy atom. The van der Waals surface area contributed by atoms with E-state index in [4.69, 9.17) is 0 Å². The summed E-state index contributed by atoms with van der Waals surface area (Å²) in [5.41, 5.74) is 1.22. The molecule has 0 saturated carbocycles. The highest BCUT2D eigenvalue weighted by Gasteiger charge is 2.10. The quantitative estimate of drug-likeness (QED) is 0.863. The van der Waals surface area contributed by atoms with Gasteiger partial charge in [-0.3, -0.25) is 4.79 Å². The fraction of sp³-hybridized carbons (Fsp3) is 0. The summed E-state index contributed by atoms with van der Waals surface area (Å²) in [6.07, 6.45) is 1.61. The predicted molar refractivity (Wildman–Crippen MR) is 71.3 cm³/mol. The van der Waals surface area contributed by atoms with Crippen molar-refractivity contribution in [1.82, 2.24) is 4.98 Å². The fourth-order valence-corrected chi connectivity index (χ4v) is 1.86. The van der Waals surface area contributed by atoms with Crippen molar-refractivity contribution in [2.75, 3.05) is 5.32 Å². The minimum Gasteiger partial charge on any atom is -0.321 e. The number of hydrogen-bond acceptors (Lipinski definition) is 2. The molecule has 0 spiro atoms. The zero-order chi connectivity index (χ0) is 11.4. The molecule has 16 heavy (non-hydrogen) atoms.